The molecule has 0 aliphatic heterocycles. The lowest BCUT2D eigenvalue weighted by atomic mass is 10.3. The van der Waals surface area contributed by atoms with E-state index < -0.39 is 10.4 Å². The summed E-state index contributed by atoms with van der Waals surface area (Å²) in [6, 6.07) is 9.54. The van der Waals surface area contributed by atoms with Gasteiger partial charge in [0.05, 0.1) is 18.8 Å². The van der Waals surface area contributed by atoms with Gasteiger partial charge in [-0.2, -0.15) is 8.42 Å². The van der Waals surface area contributed by atoms with Crippen molar-refractivity contribution in [2.45, 2.75) is 0 Å². The van der Waals surface area contributed by atoms with Crippen molar-refractivity contribution in [3.8, 4) is 0 Å². The molecular weight excluding hydrogens is 236 g/mol. The fourth-order valence-corrected chi connectivity index (χ4v) is 0.856. The number of nitrogens with zero attached hydrogens (tertiary/aromatic N) is 1. The van der Waals surface area contributed by atoms with Crippen molar-refractivity contribution in [2.24, 2.45) is 5.84 Å². The highest BCUT2D eigenvalue weighted by atomic mass is 32.3. The Kier molecular flexibility index (Phi) is 6.61. The van der Waals surface area contributed by atoms with E-state index in [2.05, 4.69) is 0 Å². The molecule has 1 aromatic carbocycles. The Bertz CT molecular complexity index is 373. The number of hydrogen-bond acceptors (Lipinski definition) is 5. The molecule has 0 saturated heterocycles. The van der Waals surface area contributed by atoms with Crippen molar-refractivity contribution in [2.75, 3.05) is 18.2 Å². The number of rotatable bonds is 3. The normalized spacial score (nSPS) is 10.2. The second kappa shape index (κ2) is 7.14. The standard InChI is InChI=1S/C8H12N2O.H2O4S/c9-10(6-7-11)8-4-2-1-3-5-8;1-5(2,3)4/h1-5,11H,6-7,9H2;(H2,1,2,3,4). The van der Waals surface area contributed by atoms with Crippen LogP contribution in [-0.4, -0.2) is 35.8 Å². The zero-order valence-corrected chi connectivity index (χ0v) is 9.21. The molecule has 0 radical (unpaired) electrons. The molecule has 0 atom stereocenters. The number of anilines is 1. The highest BCUT2D eigenvalue weighted by Crippen LogP contribution is 2.07. The van der Waals surface area contributed by atoms with Crippen LogP contribution in [0.5, 0.6) is 0 Å². The number of benzene rings is 1. The molecule has 0 aromatic heterocycles. The first kappa shape index (κ1) is 14.8. The number of hydrogen-bond donors (Lipinski definition) is 4. The van der Waals surface area contributed by atoms with Crippen molar-refractivity contribution in [1.29, 1.82) is 0 Å². The van der Waals surface area contributed by atoms with Crippen LogP contribution in [0.3, 0.4) is 0 Å². The maximum atomic E-state index is 8.74. The smallest absolute Gasteiger partial charge is 0.394 e. The number of aliphatic hydroxyl groups is 1. The summed E-state index contributed by atoms with van der Waals surface area (Å²) in [5.41, 5.74) is 0.918. The minimum absolute atomic E-state index is 0.0748. The van der Waals surface area contributed by atoms with Gasteiger partial charge in [-0.15, -0.1) is 0 Å². The van der Waals surface area contributed by atoms with Gasteiger partial charge < -0.3 is 10.1 Å². The van der Waals surface area contributed by atoms with Gasteiger partial charge in [0.15, 0.2) is 0 Å². The largest absolute Gasteiger partial charge is 0.394 e. The number of nitrogens with two attached hydrogens (primary N) is 1. The molecule has 0 amide bonds. The summed E-state index contributed by atoms with van der Waals surface area (Å²) in [5, 5.41) is 10.1. The molecule has 7 nitrogen and oxygen atoms in total. The molecule has 8 heteroatoms. The van der Waals surface area contributed by atoms with E-state index in [9.17, 15) is 0 Å². The lowest BCUT2D eigenvalue weighted by Crippen LogP contribution is -2.33. The SMILES string of the molecule is NN(CCO)c1ccccc1.O=S(=O)(O)O. The van der Waals surface area contributed by atoms with Gasteiger partial charge in [-0.1, -0.05) is 18.2 Å². The Labute approximate surface area is 93.7 Å². The molecule has 1 rings (SSSR count). The van der Waals surface area contributed by atoms with Crippen LogP contribution in [0.15, 0.2) is 30.3 Å². The Hall–Kier alpha value is -1.19. The number of hydrazine groups is 1. The summed E-state index contributed by atoms with van der Waals surface area (Å²) in [4.78, 5) is 0. The van der Waals surface area contributed by atoms with Crippen LogP contribution >= 0.6 is 0 Å². The minimum Gasteiger partial charge on any atom is -0.394 e. The first-order chi connectivity index (χ1) is 7.34. The lowest BCUT2D eigenvalue weighted by Gasteiger charge is -2.16. The summed E-state index contributed by atoms with van der Waals surface area (Å²) in [7, 11) is -4.67. The third kappa shape index (κ3) is 9.37. The highest BCUT2D eigenvalue weighted by Gasteiger charge is 1.96. The molecule has 16 heavy (non-hydrogen) atoms. The fourth-order valence-electron chi connectivity index (χ4n) is 0.856. The van der Waals surface area contributed by atoms with E-state index in [0.29, 0.717) is 6.54 Å². The van der Waals surface area contributed by atoms with Crippen molar-refractivity contribution in [3.63, 3.8) is 0 Å². The Morgan fingerprint density at radius 3 is 2.00 bits per heavy atom. The van der Waals surface area contributed by atoms with Gasteiger partial charge in [-0.3, -0.25) is 9.11 Å². The molecule has 0 saturated carbocycles. The van der Waals surface area contributed by atoms with E-state index in [0.717, 1.165) is 5.69 Å². The van der Waals surface area contributed by atoms with E-state index in [4.69, 9.17) is 28.5 Å². The van der Waals surface area contributed by atoms with Crippen molar-refractivity contribution < 1.29 is 22.6 Å². The summed E-state index contributed by atoms with van der Waals surface area (Å²) in [6.45, 7) is 0.537. The summed E-state index contributed by atoms with van der Waals surface area (Å²) < 4.78 is 31.6. The third-order valence-electron chi connectivity index (χ3n) is 1.43. The van der Waals surface area contributed by atoms with E-state index in [1.165, 1.54) is 5.01 Å². The van der Waals surface area contributed by atoms with E-state index in [1.54, 1.807) is 0 Å². The molecule has 0 aliphatic rings. The van der Waals surface area contributed by atoms with Crippen molar-refractivity contribution >= 4 is 16.1 Å². The maximum absolute atomic E-state index is 8.74. The second-order valence-corrected chi connectivity index (χ2v) is 3.60. The van der Waals surface area contributed by atoms with E-state index in [1.807, 2.05) is 30.3 Å². The van der Waals surface area contributed by atoms with Gasteiger partial charge in [0, 0.05) is 0 Å². The third-order valence-corrected chi connectivity index (χ3v) is 1.43. The molecule has 1 aromatic rings. The quantitative estimate of drug-likeness (QED) is 0.330. The predicted octanol–water partition coefficient (Wildman–Crippen LogP) is -0.294. The average Bonchev–Trinajstić information content (AvgIpc) is 2.17. The van der Waals surface area contributed by atoms with Gasteiger partial charge in [0.2, 0.25) is 0 Å². The van der Waals surface area contributed by atoms with Crippen LogP contribution in [0, 0.1) is 0 Å². The molecule has 0 fully saturated rings. The van der Waals surface area contributed by atoms with Crippen LogP contribution < -0.4 is 10.9 Å². The van der Waals surface area contributed by atoms with Crippen LogP contribution in [0.25, 0.3) is 0 Å². The zero-order chi connectivity index (χ0) is 12.6. The Morgan fingerprint density at radius 2 is 1.62 bits per heavy atom. The number of para-hydroxylation sites is 1. The van der Waals surface area contributed by atoms with Gasteiger partial charge in [-0.25, -0.2) is 5.84 Å². The second-order valence-electron chi connectivity index (χ2n) is 2.70. The van der Waals surface area contributed by atoms with Gasteiger partial charge in [0.25, 0.3) is 0 Å². The molecule has 0 bridgehead atoms. The Balaban J connectivity index is 0.000000385. The molecule has 5 N–H and O–H groups in total. The maximum Gasteiger partial charge on any atom is 0.394 e. The molecule has 0 spiro atoms. The van der Waals surface area contributed by atoms with Gasteiger partial charge in [-0.05, 0) is 12.1 Å². The highest BCUT2D eigenvalue weighted by molar-refractivity contribution is 7.79. The fraction of sp³-hybridized carbons (Fsp3) is 0.250. The van der Waals surface area contributed by atoms with Crippen LogP contribution in [0.4, 0.5) is 5.69 Å². The minimum atomic E-state index is -4.67. The first-order valence-corrected chi connectivity index (χ1v) is 5.62. The Morgan fingerprint density at radius 1 is 1.19 bits per heavy atom. The van der Waals surface area contributed by atoms with Gasteiger partial charge in [0.1, 0.15) is 0 Å². The monoisotopic (exact) mass is 250 g/mol. The summed E-state index contributed by atoms with van der Waals surface area (Å²) in [6.07, 6.45) is 0. The van der Waals surface area contributed by atoms with Gasteiger partial charge >= 0.3 is 10.4 Å². The van der Waals surface area contributed by atoms with Crippen LogP contribution in [0.1, 0.15) is 0 Å². The molecule has 0 heterocycles. The molecule has 0 unspecified atom stereocenters. The lowest BCUT2D eigenvalue weighted by molar-refractivity contribution is 0.302. The predicted molar refractivity (Wildman–Crippen MR) is 59.2 cm³/mol. The molecule has 0 aliphatic carbocycles. The molecule has 92 valence electrons. The average molecular weight is 250 g/mol. The summed E-state index contributed by atoms with van der Waals surface area (Å²) >= 11 is 0. The van der Waals surface area contributed by atoms with Crippen molar-refractivity contribution in [3.05, 3.63) is 30.3 Å². The topological polar surface area (TPSA) is 124 Å². The zero-order valence-electron chi connectivity index (χ0n) is 8.39. The van der Waals surface area contributed by atoms with Crippen LogP contribution in [-0.2, 0) is 10.4 Å². The van der Waals surface area contributed by atoms with Crippen LogP contribution in [0.2, 0.25) is 0 Å². The summed E-state index contributed by atoms with van der Waals surface area (Å²) in [5.74, 6) is 5.58. The first-order valence-electron chi connectivity index (χ1n) is 4.22. The van der Waals surface area contributed by atoms with E-state index in [-0.39, 0.29) is 6.61 Å². The number of aliphatic hydroxyl groups excluding tert-OH is 1. The van der Waals surface area contributed by atoms with E-state index >= 15 is 0 Å². The molecular formula is C8H14N2O5S. The van der Waals surface area contributed by atoms with Crippen molar-refractivity contribution in [1.82, 2.24) is 0 Å².